The number of benzene rings is 1. The first-order valence-electron chi connectivity index (χ1n) is 7.77. The molecule has 1 saturated heterocycles. The molecule has 0 radical (unpaired) electrons. The van der Waals surface area contributed by atoms with Crippen LogP contribution in [-0.2, 0) is 20.9 Å². The number of hydrogen-bond donors (Lipinski definition) is 1. The molecule has 1 amide bonds. The summed E-state index contributed by atoms with van der Waals surface area (Å²) < 4.78 is 5.13. The van der Waals surface area contributed by atoms with E-state index in [0.29, 0.717) is 0 Å². The van der Waals surface area contributed by atoms with Crippen molar-refractivity contribution in [2.45, 2.75) is 38.8 Å². The van der Waals surface area contributed by atoms with Gasteiger partial charge in [0.05, 0.1) is 0 Å². The second-order valence-electron chi connectivity index (χ2n) is 5.75. The average Bonchev–Trinajstić information content (AvgIpc) is 2.53. The number of esters is 1. The summed E-state index contributed by atoms with van der Waals surface area (Å²) >= 11 is 0. The highest BCUT2D eigenvalue weighted by Crippen LogP contribution is 2.21. The SMILES string of the molecule is CNC(=O)COC(=O)C1CCCCN1Cc1cccc(C)c1. The maximum absolute atomic E-state index is 12.2. The van der Waals surface area contributed by atoms with Gasteiger partial charge < -0.3 is 10.1 Å². The Morgan fingerprint density at radius 1 is 1.36 bits per heavy atom. The van der Waals surface area contributed by atoms with Gasteiger partial charge in [0, 0.05) is 13.6 Å². The quantitative estimate of drug-likeness (QED) is 0.840. The van der Waals surface area contributed by atoms with E-state index in [4.69, 9.17) is 4.74 Å². The van der Waals surface area contributed by atoms with Crippen molar-refractivity contribution in [1.82, 2.24) is 10.2 Å². The van der Waals surface area contributed by atoms with Gasteiger partial charge in [-0.05, 0) is 31.9 Å². The molecule has 0 bridgehead atoms. The van der Waals surface area contributed by atoms with Crippen molar-refractivity contribution in [2.75, 3.05) is 20.2 Å². The van der Waals surface area contributed by atoms with Crippen LogP contribution in [0, 0.1) is 6.92 Å². The van der Waals surface area contributed by atoms with Gasteiger partial charge in [0.15, 0.2) is 6.61 Å². The van der Waals surface area contributed by atoms with Crippen LogP contribution in [0.2, 0.25) is 0 Å². The molecule has 1 atom stereocenters. The summed E-state index contributed by atoms with van der Waals surface area (Å²) in [4.78, 5) is 25.6. The molecule has 0 aliphatic carbocycles. The Morgan fingerprint density at radius 2 is 2.18 bits per heavy atom. The van der Waals surface area contributed by atoms with Gasteiger partial charge in [-0.25, -0.2) is 0 Å². The van der Waals surface area contributed by atoms with E-state index in [2.05, 4.69) is 35.3 Å². The molecule has 0 aromatic heterocycles. The van der Waals surface area contributed by atoms with Gasteiger partial charge in [-0.2, -0.15) is 0 Å². The number of amides is 1. The molecule has 1 fully saturated rings. The Hall–Kier alpha value is -1.88. The van der Waals surface area contributed by atoms with Crippen LogP contribution in [0.5, 0.6) is 0 Å². The van der Waals surface area contributed by atoms with Gasteiger partial charge in [0.2, 0.25) is 0 Å². The van der Waals surface area contributed by atoms with E-state index in [-0.39, 0.29) is 24.5 Å². The topological polar surface area (TPSA) is 58.6 Å². The summed E-state index contributed by atoms with van der Waals surface area (Å²) in [5.41, 5.74) is 2.42. The number of likely N-dealkylation sites (tertiary alicyclic amines) is 1. The summed E-state index contributed by atoms with van der Waals surface area (Å²) in [6, 6.07) is 8.07. The van der Waals surface area contributed by atoms with Gasteiger partial charge in [-0.15, -0.1) is 0 Å². The van der Waals surface area contributed by atoms with Gasteiger partial charge >= 0.3 is 5.97 Å². The molecule has 1 unspecified atom stereocenters. The first-order valence-corrected chi connectivity index (χ1v) is 7.77. The van der Waals surface area contributed by atoms with E-state index in [9.17, 15) is 9.59 Å². The third kappa shape index (κ3) is 4.56. The normalized spacial score (nSPS) is 18.7. The van der Waals surface area contributed by atoms with Crippen LogP contribution in [0.1, 0.15) is 30.4 Å². The summed E-state index contributed by atoms with van der Waals surface area (Å²) in [6.07, 6.45) is 2.90. The lowest BCUT2D eigenvalue weighted by Gasteiger charge is -2.34. The fraction of sp³-hybridized carbons (Fsp3) is 0.529. The number of ether oxygens (including phenoxy) is 1. The minimum absolute atomic E-state index is 0.204. The van der Waals surface area contributed by atoms with Crippen LogP contribution in [-0.4, -0.2) is 43.0 Å². The van der Waals surface area contributed by atoms with E-state index >= 15 is 0 Å². The standard InChI is InChI=1S/C17H24N2O3/c1-13-6-5-7-14(10-13)11-19-9-4-3-8-15(19)17(21)22-12-16(20)18-2/h5-7,10,15H,3-4,8-9,11-12H2,1-2H3,(H,18,20). The number of piperidine rings is 1. The smallest absolute Gasteiger partial charge is 0.323 e. The lowest BCUT2D eigenvalue weighted by molar-refractivity contribution is -0.155. The minimum Gasteiger partial charge on any atom is -0.454 e. The molecule has 22 heavy (non-hydrogen) atoms. The Balaban J connectivity index is 1.98. The molecule has 1 heterocycles. The number of nitrogens with one attached hydrogen (secondary N) is 1. The highest BCUT2D eigenvalue weighted by atomic mass is 16.5. The molecule has 1 N–H and O–H groups in total. The molecule has 5 nitrogen and oxygen atoms in total. The Bertz CT molecular complexity index is 530. The molecular weight excluding hydrogens is 280 g/mol. The number of carbonyl (C=O) groups excluding carboxylic acids is 2. The number of aryl methyl sites for hydroxylation is 1. The fourth-order valence-electron chi connectivity index (χ4n) is 2.80. The summed E-state index contributed by atoms with van der Waals surface area (Å²) in [7, 11) is 1.53. The van der Waals surface area contributed by atoms with Gasteiger partial charge in [0.1, 0.15) is 6.04 Å². The van der Waals surface area contributed by atoms with Gasteiger partial charge in [-0.3, -0.25) is 14.5 Å². The maximum Gasteiger partial charge on any atom is 0.323 e. The van der Waals surface area contributed by atoms with E-state index in [1.165, 1.54) is 18.2 Å². The van der Waals surface area contributed by atoms with Crippen LogP contribution in [0.15, 0.2) is 24.3 Å². The van der Waals surface area contributed by atoms with E-state index in [1.807, 2.05) is 6.07 Å². The molecule has 1 aromatic carbocycles. The highest BCUT2D eigenvalue weighted by Gasteiger charge is 2.30. The molecular formula is C17H24N2O3. The molecule has 1 aromatic rings. The first-order chi connectivity index (χ1) is 10.6. The van der Waals surface area contributed by atoms with Crippen LogP contribution in [0.25, 0.3) is 0 Å². The Labute approximate surface area is 131 Å². The molecule has 0 saturated carbocycles. The van der Waals surface area contributed by atoms with Crippen molar-refractivity contribution in [1.29, 1.82) is 0 Å². The Kier molecular flexibility index (Phi) is 5.95. The van der Waals surface area contributed by atoms with Crippen LogP contribution < -0.4 is 5.32 Å². The van der Waals surface area contributed by atoms with Crippen molar-refractivity contribution < 1.29 is 14.3 Å². The van der Waals surface area contributed by atoms with E-state index in [0.717, 1.165) is 32.4 Å². The lowest BCUT2D eigenvalue weighted by Crippen LogP contribution is -2.45. The van der Waals surface area contributed by atoms with Crippen molar-refractivity contribution in [3.63, 3.8) is 0 Å². The fourth-order valence-corrected chi connectivity index (χ4v) is 2.80. The Morgan fingerprint density at radius 3 is 2.91 bits per heavy atom. The summed E-state index contributed by atoms with van der Waals surface area (Å²) in [6.45, 7) is 3.48. The zero-order chi connectivity index (χ0) is 15.9. The molecule has 1 aliphatic rings. The first kappa shape index (κ1) is 16.5. The highest BCUT2D eigenvalue weighted by molar-refractivity contribution is 5.82. The maximum atomic E-state index is 12.2. The number of hydrogen-bond acceptors (Lipinski definition) is 4. The predicted octanol–water partition coefficient (Wildman–Crippen LogP) is 1.64. The average molecular weight is 304 g/mol. The second kappa shape index (κ2) is 7.94. The molecule has 2 rings (SSSR count). The van der Waals surface area contributed by atoms with Crippen molar-refractivity contribution in [3.05, 3.63) is 35.4 Å². The van der Waals surface area contributed by atoms with Gasteiger partial charge in [0.25, 0.3) is 5.91 Å². The molecule has 5 heteroatoms. The minimum atomic E-state index is -0.295. The number of nitrogens with zero attached hydrogens (tertiary/aromatic N) is 1. The van der Waals surface area contributed by atoms with Crippen LogP contribution in [0.3, 0.4) is 0 Å². The number of likely N-dealkylation sites (N-methyl/N-ethyl adjacent to an activating group) is 1. The largest absolute Gasteiger partial charge is 0.454 e. The molecule has 0 spiro atoms. The molecule has 120 valence electrons. The third-order valence-electron chi connectivity index (χ3n) is 3.98. The lowest BCUT2D eigenvalue weighted by atomic mass is 10.0. The second-order valence-corrected chi connectivity index (χ2v) is 5.75. The zero-order valence-electron chi connectivity index (χ0n) is 13.3. The number of rotatable bonds is 5. The summed E-state index contributed by atoms with van der Waals surface area (Å²) in [5.74, 6) is -0.578. The molecule has 1 aliphatic heterocycles. The van der Waals surface area contributed by atoms with Gasteiger partial charge in [-0.1, -0.05) is 36.2 Å². The zero-order valence-corrected chi connectivity index (χ0v) is 13.3. The van der Waals surface area contributed by atoms with Crippen molar-refractivity contribution in [3.8, 4) is 0 Å². The predicted molar refractivity (Wildman–Crippen MR) is 84.3 cm³/mol. The third-order valence-corrected chi connectivity index (χ3v) is 3.98. The number of carbonyl (C=O) groups is 2. The van der Waals surface area contributed by atoms with E-state index < -0.39 is 0 Å². The van der Waals surface area contributed by atoms with Crippen LogP contribution in [0.4, 0.5) is 0 Å². The van der Waals surface area contributed by atoms with Crippen LogP contribution >= 0.6 is 0 Å². The van der Waals surface area contributed by atoms with Crippen molar-refractivity contribution in [2.24, 2.45) is 0 Å². The summed E-state index contributed by atoms with van der Waals surface area (Å²) in [5, 5.41) is 2.45. The van der Waals surface area contributed by atoms with E-state index in [1.54, 1.807) is 0 Å². The van der Waals surface area contributed by atoms with Crippen molar-refractivity contribution >= 4 is 11.9 Å². The monoisotopic (exact) mass is 304 g/mol.